The molecule has 0 saturated heterocycles. The van der Waals surface area contributed by atoms with Crippen LogP contribution in [-0.2, 0) is 12.8 Å². The Bertz CT molecular complexity index is 2300. The summed E-state index contributed by atoms with van der Waals surface area (Å²) in [6, 6.07) is 57.4. The summed E-state index contributed by atoms with van der Waals surface area (Å²) in [5, 5.41) is 5.07. The molecule has 0 amide bonds. The number of nitrogens with zero attached hydrogens (tertiary/aromatic N) is 2. The van der Waals surface area contributed by atoms with Crippen LogP contribution in [0, 0.1) is 0 Å². The van der Waals surface area contributed by atoms with E-state index in [2.05, 4.69) is 167 Å². The Morgan fingerprint density at radius 1 is 0.362 bits per heavy atom. The normalized spacial score (nSPS) is 11.6. The van der Waals surface area contributed by atoms with Crippen LogP contribution in [0.25, 0.3) is 51.3 Å². The van der Waals surface area contributed by atoms with Gasteiger partial charge in [0.15, 0.2) is 0 Å². The van der Waals surface area contributed by atoms with Gasteiger partial charge in [-0.05, 0) is 71.8 Å². The second-order valence-electron chi connectivity index (χ2n) is 11.8. The van der Waals surface area contributed by atoms with Gasteiger partial charge in [0.1, 0.15) is 10.0 Å². The van der Waals surface area contributed by atoms with Crippen LogP contribution >= 0.6 is 34.0 Å². The average molecular weight is 659 g/mol. The first-order valence-electron chi connectivity index (χ1n) is 15.8. The second-order valence-corrected chi connectivity index (χ2v) is 15.0. The van der Waals surface area contributed by atoms with Crippen molar-refractivity contribution >= 4 is 55.8 Å². The fourth-order valence-electron chi connectivity index (χ4n) is 6.58. The molecule has 0 aliphatic heterocycles. The quantitative estimate of drug-likeness (QED) is 0.154. The highest BCUT2D eigenvalue weighted by atomic mass is 32.1. The number of fused-ring (bicyclic) bond motifs is 2. The van der Waals surface area contributed by atoms with E-state index in [1.807, 2.05) is 34.0 Å². The molecule has 0 atom stereocenters. The molecular weight excluding hydrogens is 629 g/mol. The highest BCUT2D eigenvalue weighted by Gasteiger charge is 2.17. The van der Waals surface area contributed by atoms with E-state index in [9.17, 15) is 0 Å². The summed E-state index contributed by atoms with van der Waals surface area (Å²) in [7, 11) is 0. The number of rotatable bonds is 8. The average Bonchev–Trinajstić information content (AvgIpc) is 3.94. The van der Waals surface area contributed by atoms with Gasteiger partial charge in [0.05, 0.1) is 11.0 Å². The minimum absolute atomic E-state index is 0.899. The molecule has 0 unspecified atom stereocenters. The Kier molecular flexibility index (Phi) is 7.23. The fraction of sp³-hybridized carbons (Fsp3) is 0.0476. The van der Waals surface area contributed by atoms with Crippen molar-refractivity contribution in [1.29, 1.82) is 0 Å². The van der Waals surface area contributed by atoms with E-state index in [4.69, 9.17) is 0 Å². The van der Waals surface area contributed by atoms with E-state index in [1.165, 1.54) is 73.8 Å². The Balaban J connectivity index is 1.04. The molecule has 2 nitrogen and oxygen atoms in total. The summed E-state index contributed by atoms with van der Waals surface area (Å²) in [5.74, 6) is 0. The van der Waals surface area contributed by atoms with E-state index >= 15 is 0 Å². The van der Waals surface area contributed by atoms with Crippen LogP contribution in [0.2, 0.25) is 0 Å². The first-order valence-corrected chi connectivity index (χ1v) is 18.3. The minimum atomic E-state index is 0.899. The maximum absolute atomic E-state index is 2.45. The summed E-state index contributed by atoms with van der Waals surface area (Å²) in [6.45, 7) is 0. The van der Waals surface area contributed by atoms with E-state index in [0.29, 0.717) is 0 Å². The summed E-state index contributed by atoms with van der Waals surface area (Å²) in [6.07, 6.45) is 1.80. The van der Waals surface area contributed by atoms with E-state index < -0.39 is 0 Å². The molecular formula is C42H30N2S3. The van der Waals surface area contributed by atoms with Crippen LogP contribution in [0.15, 0.2) is 158 Å². The summed E-state index contributed by atoms with van der Waals surface area (Å²) >= 11 is 5.63. The summed E-state index contributed by atoms with van der Waals surface area (Å²) in [5.41, 5.74) is 7.79. The Morgan fingerprint density at radius 2 is 0.745 bits per heavy atom. The third kappa shape index (κ3) is 5.36. The molecule has 0 bridgehead atoms. The molecule has 0 fully saturated rings. The van der Waals surface area contributed by atoms with Gasteiger partial charge in [0, 0.05) is 54.5 Å². The highest BCUT2D eigenvalue weighted by molar-refractivity contribution is 7.27. The Hall–Kier alpha value is -4.94. The second kappa shape index (κ2) is 12.0. The van der Waals surface area contributed by atoms with Crippen molar-refractivity contribution in [1.82, 2.24) is 9.13 Å². The predicted octanol–water partition coefficient (Wildman–Crippen LogP) is 12.3. The van der Waals surface area contributed by atoms with Crippen molar-refractivity contribution in [2.24, 2.45) is 0 Å². The third-order valence-corrected chi connectivity index (χ3v) is 12.4. The molecule has 47 heavy (non-hydrogen) atoms. The zero-order valence-electron chi connectivity index (χ0n) is 25.5. The molecule has 5 heterocycles. The van der Waals surface area contributed by atoms with Crippen LogP contribution in [0.1, 0.15) is 22.5 Å². The predicted molar refractivity (Wildman–Crippen MR) is 203 cm³/mol. The number of hydrogen-bond donors (Lipinski definition) is 0. The van der Waals surface area contributed by atoms with Crippen molar-refractivity contribution in [2.75, 3.05) is 0 Å². The van der Waals surface area contributed by atoms with E-state index in [-0.39, 0.29) is 0 Å². The molecule has 0 N–H and O–H groups in total. The Labute approximate surface area is 286 Å². The topological polar surface area (TPSA) is 9.86 Å². The minimum Gasteiger partial charge on any atom is -0.305 e. The Morgan fingerprint density at radius 3 is 1.21 bits per heavy atom. The maximum atomic E-state index is 2.45. The smallest absolute Gasteiger partial charge is 0.100 e. The van der Waals surface area contributed by atoms with Gasteiger partial charge in [-0.2, -0.15) is 0 Å². The molecule has 9 aromatic rings. The molecule has 0 saturated carbocycles. The van der Waals surface area contributed by atoms with Crippen molar-refractivity contribution in [3.8, 4) is 29.5 Å². The molecule has 226 valence electrons. The van der Waals surface area contributed by atoms with E-state index in [0.717, 1.165) is 12.8 Å². The van der Waals surface area contributed by atoms with Crippen molar-refractivity contribution < 1.29 is 0 Å². The SMILES string of the molecule is c1ccc(Cc2cc3ccccc3n2-c2ccc(-c3ccc(-c4ccc(-n5c(Cc6ccccc6)cc6ccccc65)s4)s3)s2)cc1. The maximum Gasteiger partial charge on any atom is 0.100 e. The lowest BCUT2D eigenvalue weighted by Gasteiger charge is -2.09. The van der Waals surface area contributed by atoms with Crippen molar-refractivity contribution in [3.63, 3.8) is 0 Å². The number of hydrogen-bond acceptors (Lipinski definition) is 3. The first-order chi connectivity index (χ1) is 23.3. The fourth-order valence-corrected chi connectivity index (χ4v) is 9.87. The standard InChI is InChI=1S/C42H30N2S3/c1-3-11-29(12-4-1)25-33-27-31-15-7-9-17-35(31)43(33)41-23-21-39(46-41)37-19-20-38(45-37)40-22-24-42(47-40)44-34(26-30-13-5-2-6-14-30)28-32-16-8-10-18-36(32)44/h1-24,27-28H,25-26H2. The number of para-hydroxylation sites is 2. The van der Waals surface area contributed by atoms with Crippen LogP contribution in [-0.4, -0.2) is 9.13 Å². The van der Waals surface area contributed by atoms with Crippen LogP contribution < -0.4 is 0 Å². The molecule has 0 spiro atoms. The van der Waals surface area contributed by atoms with Gasteiger partial charge in [-0.1, -0.05) is 97.1 Å². The molecule has 9 rings (SSSR count). The molecule has 5 heteroatoms. The van der Waals surface area contributed by atoms with E-state index in [1.54, 1.807) is 0 Å². The highest BCUT2D eigenvalue weighted by Crippen LogP contribution is 2.43. The lowest BCUT2D eigenvalue weighted by Crippen LogP contribution is -1.98. The summed E-state index contributed by atoms with van der Waals surface area (Å²) < 4.78 is 4.90. The van der Waals surface area contributed by atoms with Crippen molar-refractivity contribution in [2.45, 2.75) is 12.8 Å². The van der Waals surface area contributed by atoms with Crippen LogP contribution in [0.4, 0.5) is 0 Å². The van der Waals surface area contributed by atoms with Gasteiger partial charge in [-0.15, -0.1) is 34.0 Å². The number of benzene rings is 4. The molecule has 0 aliphatic rings. The molecule has 0 radical (unpaired) electrons. The van der Waals surface area contributed by atoms with Gasteiger partial charge in [0.2, 0.25) is 0 Å². The van der Waals surface area contributed by atoms with Gasteiger partial charge in [-0.25, -0.2) is 0 Å². The third-order valence-electron chi connectivity index (χ3n) is 8.75. The van der Waals surface area contributed by atoms with Gasteiger partial charge >= 0.3 is 0 Å². The molecule has 5 aromatic heterocycles. The zero-order chi connectivity index (χ0) is 31.2. The molecule has 0 aliphatic carbocycles. The lowest BCUT2D eigenvalue weighted by molar-refractivity contribution is 1.00. The van der Waals surface area contributed by atoms with Gasteiger partial charge < -0.3 is 9.13 Å². The van der Waals surface area contributed by atoms with Crippen molar-refractivity contribution in [3.05, 3.63) is 180 Å². The van der Waals surface area contributed by atoms with Crippen LogP contribution in [0.5, 0.6) is 0 Å². The molecule has 4 aromatic carbocycles. The largest absolute Gasteiger partial charge is 0.305 e. The monoisotopic (exact) mass is 658 g/mol. The number of thiophene rings is 3. The summed E-state index contributed by atoms with van der Waals surface area (Å²) in [4.78, 5) is 5.22. The van der Waals surface area contributed by atoms with Crippen LogP contribution in [0.3, 0.4) is 0 Å². The first kappa shape index (κ1) is 28.3. The zero-order valence-corrected chi connectivity index (χ0v) is 28.0. The lowest BCUT2D eigenvalue weighted by atomic mass is 10.1. The number of aromatic nitrogens is 2. The van der Waals surface area contributed by atoms with Gasteiger partial charge in [-0.3, -0.25) is 0 Å². The van der Waals surface area contributed by atoms with Gasteiger partial charge in [0.25, 0.3) is 0 Å².